The van der Waals surface area contributed by atoms with E-state index in [1.807, 2.05) is 29.6 Å². The van der Waals surface area contributed by atoms with Gasteiger partial charge in [0.25, 0.3) is 5.69 Å². The Balaban J connectivity index is 1.55. The number of rotatable bonds is 5. The van der Waals surface area contributed by atoms with Gasteiger partial charge in [-0.2, -0.15) is 0 Å². The fourth-order valence-corrected chi connectivity index (χ4v) is 3.44. The number of anilines is 1. The van der Waals surface area contributed by atoms with Crippen molar-refractivity contribution in [2.75, 3.05) is 5.32 Å². The largest absolute Gasteiger partial charge is 0.326 e. The third-order valence-corrected chi connectivity index (χ3v) is 5.09. The zero-order chi connectivity index (χ0) is 18.1. The van der Waals surface area contributed by atoms with Crippen LogP contribution in [0.25, 0.3) is 21.8 Å². The van der Waals surface area contributed by atoms with Gasteiger partial charge >= 0.3 is 0 Å². The number of hydrogen-bond donors (Lipinski definition) is 1. The van der Waals surface area contributed by atoms with Gasteiger partial charge in [0.2, 0.25) is 5.91 Å². The van der Waals surface area contributed by atoms with Crippen LogP contribution in [0.2, 0.25) is 0 Å². The van der Waals surface area contributed by atoms with Crippen LogP contribution in [0.4, 0.5) is 11.4 Å². The minimum atomic E-state index is -0.419. The summed E-state index contributed by atoms with van der Waals surface area (Å²) in [7, 11) is 0. The molecule has 1 saturated carbocycles. The number of non-ortho nitro benzene ring substituents is 1. The Morgan fingerprint density at radius 2 is 1.92 bits per heavy atom. The first-order valence-electron chi connectivity index (χ1n) is 8.22. The number of nitrogens with zero attached hydrogens (tertiary/aromatic N) is 2. The van der Waals surface area contributed by atoms with Gasteiger partial charge in [0.15, 0.2) is 0 Å². The molecule has 1 fully saturated rings. The van der Waals surface area contributed by atoms with Crippen molar-refractivity contribution in [1.29, 1.82) is 0 Å². The number of carbonyl (C=O) groups is 1. The molecule has 0 unspecified atom stereocenters. The van der Waals surface area contributed by atoms with Crippen molar-refractivity contribution in [3.05, 3.63) is 64.0 Å². The van der Waals surface area contributed by atoms with E-state index in [4.69, 9.17) is 0 Å². The zero-order valence-electron chi connectivity index (χ0n) is 13.7. The molecule has 0 atom stereocenters. The van der Waals surface area contributed by atoms with Crippen LogP contribution >= 0.6 is 11.3 Å². The van der Waals surface area contributed by atoms with Crippen LogP contribution in [0.15, 0.2) is 53.9 Å². The highest BCUT2D eigenvalue weighted by atomic mass is 32.1. The summed E-state index contributed by atoms with van der Waals surface area (Å²) in [6, 6.07) is 14.0. The quantitative estimate of drug-likeness (QED) is 0.523. The second kappa shape index (κ2) is 6.68. The van der Waals surface area contributed by atoms with E-state index in [1.54, 1.807) is 12.1 Å². The van der Waals surface area contributed by atoms with Gasteiger partial charge in [0.05, 0.1) is 10.6 Å². The van der Waals surface area contributed by atoms with Gasteiger partial charge < -0.3 is 5.32 Å². The minimum absolute atomic E-state index is 0.0586. The highest BCUT2D eigenvalue weighted by molar-refractivity contribution is 7.13. The van der Waals surface area contributed by atoms with Crippen molar-refractivity contribution < 1.29 is 9.72 Å². The topological polar surface area (TPSA) is 85.1 Å². The maximum Gasteiger partial charge on any atom is 0.269 e. The van der Waals surface area contributed by atoms with Crippen LogP contribution in [0.3, 0.4) is 0 Å². The number of hydrogen-bond acceptors (Lipinski definition) is 5. The van der Waals surface area contributed by atoms with Gasteiger partial charge in [-0.25, -0.2) is 4.98 Å². The molecule has 0 bridgehead atoms. The molecule has 0 aliphatic heterocycles. The van der Waals surface area contributed by atoms with Gasteiger partial charge in [-0.1, -0.05) is 12.1 Å². The highest BCUT2D eigenvalue weighted by Crippen LogP contribution is 2.33. The van der Waals surface area contributed by atoms with E-state index >= 15 is 0 Å². The molecule has 1 aliphatic rings. The van der Waals surface area contributed by atoms with Crippen LogP contribution in [0, 0.1) is 16.0 Å². The van der Waals surface area contributed by atoms with Gasteiger partial charge in [0.1, 0.15) is 5.01 Å². The van der Waals surface area contributed by atoms with Crippen LogP contribution in [-0.2, 0) is 4.79 Å². The first kappa shape index (κ1) is 16.4. The van der Waals surface area contributed by atoms with E-state index in [0.717, 1.165) is 40.4 Å². The summed E-state index contributed by atoms with van der Waals surface area (Å²) in [4.78, 5) is 26.9. The lowest BCUT2D eigenvalue weighted by molar-refractivity contribution is -0.384. The van der Waals surface area contributed by atoms with E-state index in [1.165, 1.54) is 23.5 Å². The number of benzene rings is 2. The first-order valence-corrected chi connectivity index (χ1v) is 9.10. The molecule has 1 N–H and O–H groups in total. The van der Waals surface area contributed by atoms with Crippen molar-refractivity contribution >= 4 is 28.6 Å². The normalized spacial score (nSPS) is 13.4. The summed E-state index contributed by atoms with van der Waals surface area (Å²) in [5, 5.41) is 16.5. The van der Waals surface area contributed by atoms with E-state index in [0.29, 0.717) is 0 Å². The molecule has 6 nitrogen and oxygen atoms in total. The molecule has 26 heavy (non-hydrogen) atoms. The monoisotopic (exact) mass is 365 g/mol. The van der Waals surface area contributed by atoms with E-state index in [9.17, 15) is 14.9 Å². The third kappa shape index (κ3) is 3.48. The Morgan fingerprint density at radius 3 is 2.62 bits per heavy atom. The van der Waals surface area contributed by atoms with Crippen molar-refractivity contribution in [2.45, 2.75) is 12.8 Å². The predicted molar refractivity (Wildman–Crippen MR) is 101 cm³/mol. The van der Waals surface area contributed by atoms with Gasteiger partial charge in [-0.3, -0.25) is 14.9 Å². The minimum Gasteiger partial charge on any atom is -0.326 e. The highest BCUT2D eigenvalue weighted by Gasteiger charge is 2.29. The van der Waals surface area contributed by atoms with Crippen molar-refractivity contribution in [3.63, 3.8) is 0 Å². The van der Waals surface area contributed by atoms with Gasteiger partial charge in [0, 0.05) is 40.2 Å². The smallest absolute Gasteiger partial charge is 0.269 e. The summed E-state index contributed by atoms with van der Waals surface area (Å²) in [5.41, 5.74) is 3.36. The molecule has 1 aliphatic carbocycles. The maximum absolute atomic E-state index is 11.9. The lowest BCUT2D eigenvalue weighted by Gasteiger charge is -2.05. The summed E-state index contributed by atoms with van der Waals surface area (Å²) in [6.07, 6.45) is 1.94. The lowest BCUT2D eigenvalue weighted by atomic mass is 10.1. The zero-order valence-corrected chi connectivity index (χ0v) is 14.5. The van der Waals surface area contributed by atoms with Crippen LogP contribution < -0.4 is 5.32 Å². The van der Waals surface area contributed by atoms with Crippen molar-refractivity contribution in [2.24, 2.45) is 5.92 Å². The molecular weight excluding hydrogens is 350 g/mol. The van der Waals surface area contributed by atoms with Crippen LogP contribution in [0.5, 0.6) is 0 Å². The van der Waals surface area contributed by atoms with Gasteiger partial charge in [-0.15, -0.1) is 11.3 Å². The molecule has 3 aromatic rings. The number of aromatic nitrogens is 1. The SMILES string of the molecule is O=C(Nc1cccc(-c2nc(-c3ccc([N+](=O)[O-])cc3)cs2)c1)C1CC1. The third-order valence-electron chi connectivity index (χ3n) is 4.20. The first-order chi connectivity index (χ1) is 12.6. The standard InChI is InChI=1S/C19H15N3O3S/c23-18(13-4-5-13)20-15-3-1-2-14(10-15)19-21-17(11-26-19)12-6-8-16(9-7-12)22(24)25/h1-3,6-11,13H,4-5H2,(H,20,23). The molecule has 4 rings (SSSR count). The molecule has 1 amide bonds. The summed E-state index contributed by atoms with van der Waals surface area (Å²) in [6.45, 7) is 0. The average Bonchev–Trinajstić information content (AvgIpc) is 3.39. The lowest BCUT2D eigenvalue weighted by Crippen LogP contribution is -2.13. The number of nitro benzene ring substituents is 1. The molecule has 1 aromatic heterocycles. The molecule has 0 spiro atoms. The number of thiazole rings is 1. The molecule has 7 heteroatoms. The molecule has 0 saturated heterocycles. The van der Waals surface area contributed by atoms with Gasteiger partial charge in [-0.05, 0) is 37.1 Å². The summed E-state index contributed by atoms with van der Waals surface area (Å²) in [5.74, 6) is 0.236. The van der Waals surface area contributed by atoms with Crippen LogP contribution in [-0.4, -0.2) is 15.8 Å². The Hall–Kier alpha value is -3.06. The second-order valence-electron chi connectivity index (χ2n) is 6.19. The Bertz CT molecular complexity index is 978. The fraction of sp³-hybridized carbons (Fsp3) is 0.158. The van der Waals surface area contributed by atoms with Crippen LogP contribution in [0.1, 0.15) is 12.8 Å². The molecule has 1 heterocycles. The number of nitrogens with one attached hydrogen (secondary N) is 1. The molecule has 2 aromatic carbocycles. The van der Waals surface area contributed by atoms with E-state index in [2.05, 4.69) is 10.3 Å². The molecular formula is C19H15N3O3S. The predicted octanol–water partition coefficient (Wildman–Crippen LogP) is 4.73. The summed E-state index contributed by atoms with van der Waals surface area (Å²) < 4.78 is 0. The average molecular weight is 365 g/mol. The summed E-state index contributed by atoms with van der Waals surface area (Å²) >= 11 is 1.50. The second-order valence-corrected chi connectivity index (χ2v) is 7.04. The number of amides is 1. The van der Waals surface area contributed by atoms with Crippen molar-refractivity contribution in [3.8, 4) is 21.8 Å². The Morgan fingerprint density at radius 1 is 1.15 bits per heavy atom. The number of carbonyl (C=O) groups excluding carboxylic acids is 1. The van der Waals surface area contributed by atoms with E-state index < -0.39 is 4.92 Å². The fourth-order valence-electron chi connectivity index (χ4n) is 2.61. The molecule has 0 radical (unpaired) electrons. The van der Waals surface area contributed by atoms with E-state index in [-0.39, 0.29) is 17.5 Å². The number of nitro groups is 1. The Kier molecular flexibility index (Phi) is 4.22. The van der Waals surface area contributed by atoms with Crippen molar-refractivity contribution in [1.82, 2.24) is 4.98 Å². The Labute approximate surface area is 153 Å². The molecule has 130 valence electrons. The maximum atomic E-state index is 11.9.